The van der Waals surface area contributed by atoms with Gasteiger partial charge >= 0.3 is 0 Å². The number of H-pyrrole nitrogens is 1. The number of benzene rings is 1. The van der Waals surface area contributed by atoms with E-state index in [2.05, 4.69) is 10.2 Å². The third-order valence-corrected chi connectivity index (χ3v) is 6.09. The van der Waals surface area contributed by atoms with E-state index < -0.39 is 10.2 Å². The lowest BCUT2D eigenvalue weighted by atomic mass is 10.2. The van der Waals surface area contributed by atoms with Crippen molar-refractivity contribution in [3.05, 3.63) is 47.8 Å². The molecule has 8 nitrogen and oxygen atoms in total. The van der Waals surface area contributed by atoms with Gasteiger partial charge < -0.3 is 9.47 Å². The Bertz CT molecular complexity index is 807. The molecule has 0 unspecified atom stereocenters. The molecule has 1 fully saturated rings. The minimum absolute atomic E-state index is 0.255. The molecule has 0 bridgehead atoms. The van der Waals surface area contributed by atoms with Crippen LogP contribution in [0.5, 0.6) is 5.75 Å². The van der Waals surface area contributed by atoms with Crippen molar-refractivity contribution < 1.29 is 17.9 Å². The number of aromatic amines is 1. The zero-order valence-corrected chi connectivity index (χ0v) is 15.8. The van der Waals surface area contributed by atoms with Gasteiger partial charge in [0.25, 0.3) is 10.2 Å². The van der Waals surface area contributed by atoms with Crippen molar-refractivity contribution in [2.75, 3.05) is 40.4 Å². The molecule has 3 rings (SSSR count). The first-order chi connectivity index (χ1) is 12.5. The van der Waals surface area contributed by atoms with E-state index in [1.165, 1.54) is 22.7 Å². The van der Waals surface area contributed by atoms with E-state index in [1.807, 2.05) is 36.4 Å². The summed E-state index contributed by atoms with van der Waals surface area (Å²) < 4.78 is 38.6. The Morgan fingerprint density at radius 3 is 2.85 bits per heavy atom. The lowest BCUT2D eigenvalue weighted by Crippen LogP contribution is -2.47. The molecule has 9 heteroatoms. The van der Waals surface area contributed by atoms with Crippen LogP contribution in [0.2, 0.25) is 0 Å². The van der Waals surface area contributed by atoms with Gasteiger partial charge in [-0.15, -0.1) is 0 Å². The van der Waals surface area contributed by atoms with Gasteiger partial charge in [0.05, 0.1) is 18.9 Å². The molecular weight excluding hydrogens is 356 g/mol. The zero-order valence-electron chi connectivity index (χ0n) is 15.0. The minimum Gasteiger partial charge on any atom is -0.493 e. The van der Waals surface area contributed by atoms with E-state index >= 15 is 0 Å². The van der Waals surface area contributed by atoms with Crippen LogP contribution in [0, 0.1) is 0 Å². The highest BCUT2D eigenvalue weighted by molar-refractivity contribution is 7.86. The number of para-hydroxylation sites is 1. The van der Waals surface area contributed by atoms with E-state index in [4.69, 9.17) is 9.47 Å². The van der Waals surface area contributed by atoms with Crippen molar-refractivity contribution in [3.63, 3.8) is 0 Å². The highest BCUT2D eigenvalue weighted by atomic mass is 32.2. The molecule has 1 N–H and O–H groups in total. The van der Waals surface area contributed by atoms with Crippen molar-refractivity contribution in [2.24, 2.45) is 0 Å². The van der Waals surface area contributed by atoms with Crippen LogP contribution in [-0.2, 0) is 21.4 Å². The minimum atomic E-state index is -3.45. The summed E-state index contributed by atoms with van der Waals surface area (Å²) in [7, 11) is -0.396. The fraction of sp³-hybridized carbons (Fsp3) is 0.471. The Kier molecular flexibility index (Phi) is 5.92. The molecule has 1 aromatic heterocycles. The Morgan fingerprint density at radius 2 is 2.12 bits per heavy atom. The summed E-state index contributed by atoms with van der Waals surface area (Å²) >= 11 is 0. The maximum Gasteiger partial charge on any atom is 0.281 e. The summed E-state index contributed by atoms with van der Waals surface area (Å²) in [5.41, 5.74) is 1.63. The molecule has 1 aliphatic heterocycles. The molecule has 1 aromatic carbocycles. The van der Waals surface area contributed by atoms with Gasteiger partial charge in [0, 0.05) is 39.3 Å². The fourth-order valence-electron chi connectivity index (χ4n) is 2.71. The molecule has 0 radical (unpaired) electrons. The van der Waals surface area contributed by atoms with E-state index in [0.29, 0.717) is 31.9 Å². The van der Waals surface area contributed by atoms with E-state index in [9.17, 15) is 8.42 Å². The van der Waals surface area contributed by atoms with Gasteiger partial charge in [0.2, 0.25) is 0 Å². The second-order valence-electron chi connectivity index (χ2n) is 6.24. The molecule has 1 aliphatic rings. The first kappa shape index (κ1) is 18.8. The van der Waals surface area contributed by atoms with Crippen LogP contribution in [0.3, 0.4) is 0 Å². The maximum atomic E-state index is 12.3. The van der Waals surface area contributed by atoms with Gasteiger partial charge in [-0.25, -0.2) is 0 Å². The van der Waals surface area contributed by atoms with Gasteiger partial charge in [0.15, 0.2) is 0 Å². The second kappa shape index (κ2) is 8.17. The normalized spacial score (nSPS) is 19.0. The molecule has 0 spiro atoms. The van der Waals surface area contributed by atoms with Crippen LogP contribution in [-0.4, -0.2) is 67.6 Å². The average Bonchev–Trinajstić information content (AvgIpc) is 3.11. The van der Waals surface area contributed by atoms with Crippen LogP contribution in [0.4, 0.5) is 0 Å². The van der Waals surface area contributed by atoms with Crippen molar-refractivity contribution >= 4 is 10.2 Å². The number of aromatic nitrogens is 2. The smallest absolute Gasteiger partial charge is 0.281 e. The topological polar surface area (TPSA) is 87.8 Å². The monoisotopic (exact) mass is 380 g/mol. The molecule has 26 heavy (non-hydrogen) atoms. The van der Waals surface area contributed by atoms with Gasteiger partial charge in [-0.1, -0.05) is 18.2 Å². The highest BCUT2D eigenvalue weighted by Gasteiger charge is 2.32. The number of nitrogens with zero attached hydrogens (tertiary/aromatic N) is 3. The summed E-state index contributed by atoms with van der Waals surface area (Å²) in [6.07, 6.45) is 0.299. The lowest BCUT2D eigenvalue weighted by Gasteiger charge is -2.32. The average molecular weight is 380 g/mol. The lowest BCUT2D eigenvalue weighted by molar-refractivity contribution is -0.00625. The van der Waals surface area contributed by atoms with Crippen molar-refractivity contribution in [3.8, 4) is 5.75 Å². The molecule has 2 heterocycles. The van der Waals surface area contributed by atoms with Crippen molar-refractivity contribution in [2.45, 2.75) is 12.5 Å². The summed E-state index contributed by atoms with van der Waals surface area (Å²) in [5.74, 6) is 0.826. The van der Waals surface area contributed by atoms with Gasteiger partial charge in [-0.2, -0.15) is 22.1 Å². The van der Waals surface area contributed by atoms with Gasteiger partial charge in [-0.05, 0) is 18.2 Å². The third kappa shape index (κ3) is 4.42. The second-order valence-corrected chi connectivity index (χ2v) is 8.38. The number of hydrogen-bond donors (Lipinski definition) is 1. The number of ether oxygens (including phenoxy) is 2. The molecule has 0 amide bonds. The highest BCUT2D eigenvalue weighted by Crippen LogP contribution is 2.23. The zero-order chi connectivity index (χ0) is 18.6. The predicted octanol–water partition coefficient (Wildman–Crippen LogP) is 1.21. The van der Waals surface area contributed by atoms with Gasteiger partial charge in [-0.3, -0.25) is 5.10 Å². The van der Waals surface area contributed by atoms with Crippen molar-refractivity contribution in [1.29, 1.82) is 0 Å². The first-order valence-electron chi connectivity index (χ1n) is 8.48. The van der Waals surface area contributed by atoms with Gasteiger partial charge in [0.1, 0.15) is 11.9 Å². The number of nitrogens with one attached hydrogen (secondary N) is 1. The van der Waals surface area contributed by atoms with Crippen LogP contribution in [0.15, 0.2) is 36.4 Å². The van der Waals surface area contributed by atoms with Crippen LogP contribution < -0.4 is 4.74 Å². The summed E-state index contributed by atoms with van der Waals surface area (Å²) in [6, 6.07) is 11.5. The van der Waals surface area contributed by atoms with E-state index in [0.717, 1.165) is 11.4 Å². The number of hydrogen-bond acceptors (Lipinski definition) is 5. The molecule has 0 saturated carbocycles. The number of rotatable bonds is 7. The molecule has 142 valence electrons. The summed E-state index contributed by atoms with van der Waals surface area (Å²) in [4.78, 5) is 0. The Hall–Kier alpha value is -1.94. The number of morpholine rings is 1. The summed E-state index contributed by atoms with van der Waals surface area (Å²) in [6.45, 7) is 1.47. The van der Waals surface area contributed by atoms with Crippen molar-refractivity contribution in [1.82, 2.24) is 18.8 Å². The third-order valence-electron chi connectivity index (χ3n) is 4.18. The maximum absolute atomic E-state index is 12.3. The van der Waals surface area contributed by atoms with E-state index in [-0.39, 0.29) is 12.6 Å². The molecular formula is C17H24N4O4S. The Labute approximate surface area is 153 Å². The standard InChI is InChI=1S/C17H24N4O4S/c1-20(2)26(22,23)21-9-11-25-17(13-21)16-12-14(18-19-16)8-10-24-15-6-4-3-5-7-15/h3-7,12,17H,8-11,13H2,1-2H3,(H,18,19)/t17-/m1/s1. The largest absolute Gasteiger partial charge is 0.493 e. The predicted molar refractivity (Wildman–Crippen MR) is 97.1 cm³/mol. The van der Waals surface area contributed by atoms with Crippen LogP contribution in [0.25, 0.3) is 0 Å². The SMILES string of the molecule is CN(C)S(=O)(=O)N1CCO[C@@H](c2cc(CCOc3ccccc3)[nH]n2)C1. The Balaban J connectivity index is 1.57. The molecule has 1 atom stereocenters. The Morgan fingerprint density at radius 1 is 1.35 bits per heavy atom. The quantitative estimate of drug-likeness (QED) is 0.780. The van der Waals surface area contributed by atoms with Crippen LogP contribution in [0.1, 0.15) is 17.5 Å². The molecule has 0 aliphatic carbocycles. The first-order valence-corrected chi connectivity index (χ1v) is 9.88. The molecule has 2 aromatic rings. The van der Waals surface area contributed by atoms with E-state index in [1.54, 1.807) is 0 Å². The fourth-order valence-corrected chi connectivity index (χ4v) is 3.80. The summed E-state index contributed by atoms with van der Waals surface area (Å²) in [5, 5.41) is 7.26. The molecule has 1 saturated heterocycles. The van der Waals surface area contributed by atoms with Crippen LogP contribution >= 0.6 is 0 Å².